The molecule has 0 amide bonds. The molecule has 2 rings (SSSR count). The molecule has 0 aromatic heterocycles. The van der Waals surface area contributed by atoms with Crippen LogP contribution in [0.5, 0.6) is 0 Å². The maximum Gasteiger partial charge on any atom is 0.142 e. The Morgan fingerprint density at radius 1 is 1.06 bits per heavy atom. The molecule has 18 heavy (non-hydrogen) atoms. The van der Waals surface area contributed by atoms with E-state index < -0.39 is 11.9 Å². The Morgan fingerprint density at radius 2 is 1.78 bits per heavy atom. The van der Waals surface area contributed by atoms with Crippen LogP contribution < -0.4 is 5.73 Å². The fourth-order valence-corrected chi connectivity index (χ4v) is 1.96. The highest BCUT2D eigenvalue weighted by Gasteiger charge is 2.12. The molecule has 0 heterocycles. The van der Waals surface area contributed by atoms with Gasteiger partial charge in [0.15, 0.2) is 0 Å². The Bertz CT molecular complexity index is 564. The van der Waals surface area contributed by atoms with E-state index in [1.54, 1.807) is 19.1 Å². The first-order valence-electron chi connectivity index (χ1n) is 5.45. The van der Waals surface area contributed by atoms with Gasteiger partial charge >= 0.3 is 0 Å². The molecule has 2 aromatic carbocycles. The van der Waals surface area contributed by atoms with Crippen LogP contribution >= 0.6 is 11.6 Å². The molecule has 0 aliphatic heterocycles. The van der Waals surface area contributed by atoms with E-state index in [2.05, 4.69) is 0 Å². The van der Waals surface area contributed by atoms with Crippen molar-refractivity contribution in [2.45, 2.75) is 13.0 Å². The lowest BCUT2D eigenvalue weighted by molar-refractivity contribution is 0.619. The summed E-state index contributed by atoms with van der Waals surface area (Å²) < 4.78 is 26.6. The number of halogens is 3. The van der Waals surface area contributed by atoms with Gasteiger partial charge in [-0.25, -0.2) is 8.78 Å². The zero-order valence-electron chi connectivity index (χ0n) is 9.75. The fourth-order valence-electron chi connectivity index (χ4n) is 1.84. The summed E-state index contributed by atoms with van der Waals surface area (Å²) in [7, 11) is 0. The van der Waals surface area contributed by atoms with Crippen molar-refractivity contribution < 1.29 is 8.78 Å². The molecule has 0 aliphatic rings. The first kappa shape index (κ1) is 13.0. The minimum atomic E-state index is -0.578. The van der Waals surface area contributed by atoms with Crippen LogP contribution in [0.2, 0.25) is 5.02 Å². The summed E-state index contributed by atoms with van der Waals surface area (Å²) in [6, 6.07) is 8.32. The molecular weight excluding hydrogens is 256 g/mol. The average Bonchev–Trinajstić information content (AvgIpc) is 2.30. The molecule has 1 atom stereocenters. The quantitative estimate of drug-likeness (QED) is 0.875. The topological polar surface area (TPSA) is 26.0 Å². The summed E-state index contributed by atoms with van der Waals surface area (Å²) in [5, 5.41) is 0.0429. The van der Waals surface area contributed by atoms with Crippen molar-refractivity contribution in [3.8, 4) is 0 Å². The lowest BCUT2D eigenvalue weighted by atomic mass is 9.98. The van der Waals surface area contributed by atoms with E-state index in [9.17, 15) is 8.78 Å². The minimum absolute atomic E-state index is 0.0429. The molecule has 1 unspecified atom stereocenters. The fraction of sp³-hybridized carbons (Fsp3) is 0.143. The summed E-state index contributed by atoms with van der Waals surface area (Å²) in [5.41, 5.74) is 7.93. The standard InChI is InChI=1S/C14H12ClF2N/c1-8-4-10(6-11(16)5-8)14(18)9-2-3-12(15)13(17)7-9/h2-7,14H,18H2,1H3. The predicted molar refractivity (Wildman–Crippen MR) is 68.6 cm³/mol. The number of hydrogen-bond donors (Lipinski definition) is 1. The van der Waals surface area contributed by atoms with Crippen LogP contribution in [0.25, 0.3) is 0 Å². The highest BCUT2D eigenvalue weighted by Crippen LogP contribution is 2.24. The molecule has 2 aromatic rings. The Hall–Kier alpha value is -1.45. The first-order valence-corrected chi connectivity index (χ1v) is 5.83. The average molecular weight is 268 g/mol. The van der Waals surface area contributed by atoms with Crippen molar-refractivity contribution >= 4 is 11.6 Å². The van der Waals surface area contributed by atoms with E-state index in [0.717, 1.165) is 5.56 Å². The van der Waals surface area contributed by atoms with E-state index in [0.29, 0.717) is 11.1 Å². The van der Waals surface area contributed by atoms with E-state index in [-0.39, 0.29) is 10.8 Å². The van der Waals surface area contributed by atoms with Gasteiger partial charge in [-0.1, -0.05) is 23.7 Å². The van der Waals surface area contributed by atoms with Gasteiger partial charge in [-0.2, -0.15) is 0 Å². The van der Waals surface area contributed by atoms with Crippen molar-refractivity contribution in [3.63, 3.8) is 0 Å². The summed E-state index contributed by atoms with van der Waals surface area (Å²) in [6.07, 6.45) is 0. The molecule has 0 aliphatic carbocycles. The molecule has 0 radical (unpaired) electrons. The number of aryl methyl sites for hydroxylation is 1. The third-order valence-corrected chi connectivity index (χ3v) is 3.03. The maximum absolute atomic E-state index is 13.4. The van der Waals surface area contributed by atoms with E-state index in [1.807, 2.05) is 0 Å². The Balaban J connectivity index is 2.40. The van der Waals surface area contributed by atoms with Crippen LogP contribution in [0.4, 0.5) is 8.78 Å². The third-order valence-electron chi connectivity index (χ3n) is 2.73. The van der Waals surface area contributed by atoms with Gasteiger partial charge in [0, 0.05) is 0 Å². The molecule has 94 valence electrons. The molecule has 0 spiro atoms. The molecule has 1 nitrogen and oxygen atoms in total. The van der Waals surface area contributed by atoms with Crippen molar-refractivity contribution in [3.05, 3.63) is 69.7 Å². The second-order valence-corrected chi connectivity index (χ2v) is 4.62. The molecule has 0 saturated heterocycles. The molecule has 0 saturated carbocycles. The largest absolute Gasteiger partial charge is 0.320 e. The second-order valence-electron chi connectivity index (χ2n) is 4.21. The minimum Gasteiger partial charge on any atom is -0.320 e. The van der Waals surface area contributed by atoms with Crippen LogP contribution in [0.3, 0.4) is 0 Å². The third kappa shape index (κ3) is 2.68. The monoisotopic (exact) mass is 267 g/mol. The Labute approximate surface area is 109 Å². The zero-order valence-corrected chi connectivity index (χ0v) is 10.5. The van der Waals surface area contributed by atoms with E-state index in [1.165, 1.54) is 24.3 Å². The van der Waals surface area contributed by atoms with E-state index >= 15 is 0 Å². The zero-order chi connectivity index (χ0) is 13.3. The SMILES string of the molecule is Cc1cc(F)cc(C(N)c2ccc(Cl)c(F)c2)c1. The maximum atomic E-state index is 13.4. The lowest BCUT2D eigenvalue weighted by Crippen LogP contribution is -2.12. The van der Waals surface area contributed by atoms with Crippen molar-refractivity contribution in [2.24, 2.45) is 5.73 Å². The molecule has 2 N–H and O–H groups in total. The van der Waals surface area contributed by atoms with Crippen LogP contribution in [0.1, 0.15) is 22.7 Å². The normalized spacial score (nSPS) is 12.5. The Kier molecular flexibility index (Phi) is 3.64. The Morgan fingerprint density at radius 3 is 2.39 bits per heavy atom. The molecule has 0 bridgehead atoms. The van der Waals surface area contributed by atoms with Gasteiger partial charge in [-0.05, 0) is 47.9 Å². The highest BCUT2D eigenvalue weighted by atomic mass is 35.5. The molecule has 0 fully saturated rings. The highest BCUT2D eigenvalue weighted by molar-refractivity contribution is 6.30. The lowest BCUT2D eigenvalue weighted by Gasteiger charge is -2.14. The van der Waals surface area contributed by atoms with Gasteiger partial charge in [0.1, 0.15) is 11.6 Å². The summed E-state index contributed by atoms with van der Waals surface area (Å²) in [4.78, 5) is 0. The predicted octanol–water partition coefficient (Wildman–Crippen LogP) is 3.97. The smallest absolute Gasteiger partial charge is 0.142 e. The number of hydrogen-bond acceptors (Lipinski definition) is 1. The van der Waals surface area contributed by atoms with Crippen LogP contribution in [-0.4, -0.2) is 0 Å². The number of nitrogens with two attached hydrogens (primary N) is 1. The van der Waals surface area contributed by atoms with Crippen molar-refractivity contribution in [1.29, 1.82) is 0 Å². The second kappa shape index (κ2) is 5.04. The summed E-state index contributed by atoms with van der Waals surface area (Å²) >= 11 is 5.61. The van der Waals surface area contributed by atoms with Gasteiger partial charge in [0.05, 0.1) is 11.1 Å². The molecular formula is C14H12ClF2N. The van der Waals surface area contributed by atoms with Gasteiger partial charge in [-0.15, -0.1) is 0 Å². The van der Waals surface area contributed by atoms with Crippen LogP contribution in [0.15, 0.2) is 36.4 Å². The summed E-state index contributed by atoms with van der Waals surface area (Å²) in [6.45, 7) is 1.78. The van der Waals surface area contributed by atoms with Gasteiger partial charge < -0.3 is 5.73 Å². The first-order chi connectivity index (χ1) is 8.47. The number of rotatable bonds is 2. The van der Waals surface area contributed by atoms with Gasteiger partial charge in [0.25, 0.3) is 0 Å². The summed E-state index contributed by atoms with van der Waals surface area (Å²) in [5.74, 6) is -0.882. The van der Waals surface area contributed by atoms with Crippen LogP contribution in [0, 0.1) is 18.6 Å². The number of benzene rings is 2. The van der Waals surface area contributed by atoms with E-state index in [4.69, 9.17) is 17.3 Å². The van der Waals surface area contributed by atoms with Crippen molar-refractivity contribution in [1.82, 2.24) is 0 Å². The van der Waals surface area contributed by atoms with Gasteiger partial charge in [-0.3, -0.25) is 0 Å². The van der Waals surface area contributed by atoms with Crippen LogP contribution in [-0.2, 0) is 0 Å². The van der Waals surface area contributed by atoms with Crippen molar-refractivity contribution in [2.75, 3.05) is 0 Å². The van der Waals surface area contributed by atoms with Gasteiger partial charge in [0.2, 0.25) is 0 Å². The molecule has 4 heteroatoms.